The quantitative estimate of drug-likeness (QED) is 0.851. The zero-order valence-electron chi connectivity index (χ0n) is 13.7. The lowest BCUT2D eigenvalue weighted by molar-refractivity contribution is 0.0942. The molecule has 0 unspecified atom stereocenters. The van der Waals surface area contributed by atoms with Gasteiger partial charge in [0.05, 0.1) is 17.3 Å². The molecule has 1 amide bonds. The van der Waals surface area contributed by atoms with Gasteiger partial charge in [0.1, 0.15) is 10.8 Å². The van der Waals surface area contributed by atoms with Crippen molar-refractivity contribution in [2.75, 3.05) is 33.0 Å². The van der Waals surface area contributed by atoms with Crippen molar-refractivity contribution >= 4 is 22.4 Å². The van der Waals surface area contributed by atoms with Crippen LogP contribution < -0.4 is 10.6 Å². The largest absolute Gasteiger partial charge is 0.378 e. The molecule has 0 fully saturated rings. The number of nitrogens with zero attached hydrogens (tertiary/aromatic N) is 2. The van der Waals surface area contributed by atoms with Gasteiger partial charge in [-0.2, -0.15) is 4.37 Å². The van der Waals surface area contributed by atoms with Gasteiger partial charge in [0.15, 0.2) is 0 Å². The van der Waals surface area contributed by atoms with Crippen LogP contribution in [0, 0.1) is 12.7 Å². The smallest absolute Gasteiger partial charge is 0.256 e. The highest BCUT2D eigenvalue weighted by Crippen LogP contribution is 2.24. The first kappa shape index (κ1) is 17.4. The summed E-state index contributed by atoms with van der Waals surface area (Å²) >= 11 is 1.26. The number of rotatable bonds is 6. The Morgan fingerprint density at radius 2 is 2.17 bits per heavy atom. The normalized spacial score (nSPS) is 12.3. The van der Waals surface area contributed by atoms with Crippen LogP contribution in [0.25, 0.3) is 0 Å². The molecule has 0 bridgehead atoms. The molecule has 0 saturated heterocycles. The molecule has 1 aromatic carbocycles. The van der Waals surface area contributed by atoms with Crippen molar-refractivity contribution in [3.05, 3.63) is 46.9 Å². The fraction of sp³-hybridized carbons (Fsp3) is 0.375. The second-order valence-electron chi connectivity index (χ2n) is 5.47. The van der Waals surface area contributed by atoms with E-state index in [0.29, 0.717) is 17.8 Å². The number of nitrogens with one attached hydrogen (secondary N) is 2. The van der Waals surface area contributed by atoms with E-state index < -0.39 is 0 Å². The SMILES string of the molecule is CNc1snc(C)c1C(=O)NC[C@@H](c1cccc(F)c1)N(C)C. The molecule has 2 rings (SSSR count). The molecular formula is C16H21FN4OS. The number of benzene rings is 1. The number of amides is 1. The molecule has 0 aliphatic carbocycles. The summed E-state index contributed by atoms with van der Waals surface area (Å²) in [6.07, 6.45) is 0. The average Bonchev–Trinajstić information content (AvgIpc) is 2.88. The number of anilines is 1. The Hall–Kier alpha value is -1.99. The fourth-order valence-electron chi connectivity index (χ4n) is 2.40. The maximum absolute atomic E-state index is 13.4. The van der Waals surface area contributed by atoms with Crippen LogP contribution in [0.4, 0.5) is 9.39 Å². The number of carbonyl (C=O) groups is 1. The minimum absolute atomic E-state index is 0.111. The molecule has 2 aromatic rings. The van der Waals surface area contributed by atoms with Crippen molar-refractivity contribution in [1.29, 1.82) is 0 Å². The molecule has 1 heterocycles. The van der Waals surface area contributed by atoms with Crippen LogP contribution in [0.15, 0.2) is 24.3 Å². The van der Waals surface area contributed by atoms with E-state index in [4.69, 9.17) is 0 Å². The van der Waals surface area contributed by atoms with Crippen molar-refractivity contribution in [2.45, 2.75) is 13.0 Å². The second-order valence-corrected chi connectivity index (χ2v) is 6.24. The summed E-state index contributed by atoms with van der Waals surface area (Å²) in [6, 6.07) is 6.33. The average molecular weight is 336 g/mol. The molecular weight excluding hydrogens is 315 g/mol. The Labute approximate surface area is 139 Å². The number of halogens is 1. The van der Waals surface area contributed by atoms with E-state index >= 15 is 0 Å². The van der Waals surface area contributed by atoms with Gasteiger partial charge < -0.3 is 15.5 Å². The van der Waals surface area contributed by atoms with Gasteiger partial charge in [-0.15, -0.1) is 0 Å². The van der Waals surface area contributed by atoms with Crippen molar-refractivity contribution in [2.24, 2.45) is 0 Å². The summed E-state index contributed by atoms with van der Waals surface area (Å²) in [5.41, 5.74) is 2.09. The van der Waals surface area contributed by atoms with E-state index in [2.05, 4.69) is 15.0 Å². The number of likely N-dealkylation sites (N-methyl/N-ethyl adjacent to an activating group) is 1. The lowest BCUT2D eigenvalue weighted by atomic mass is 10.1. The van der Waals surface area contributed by atoms with E-state index in [1.807, 2.05) is 32.0 Å². The second kappa shape index (κ2) is 7.52. The maximum atomic E-state index is 13.4. The molecule has 124 valence electrons. The monoisotopic (exact) mass is 336 g/mol. The predicted octanol–water partition coefficient (Wildman–Crippen LogP) is 2.67. The zero-order chi connectivity index (χ0) is 17.0. The van der Waals surface area contributed by atoms with Crippen molar-refractivity contribution < 1.29 is 9.18 Å². The molecule has 5 nitrogen and oxygen atoms in total. The van der Waals surface area contributed by atoms with Crippen LogP contribution in [0.5, 0.6) is 0 Å². The highest BCUT2D eigenvalue weighted by Gasteiger charge is 2.20. The van der Waals surface area contributed by atoms with Crippen LogP contribution in [-0.4, -0.2) is 42.9 Å². The molecule has 0 saturated carbocycles. The third-order valence-electron chi connectivity index (χ3n) is 3.63. The first-order valence-corrected chi connectivity index (χ1v) is 8.05. The standard InChI is InChI=1S/C16H21FN4OS/c1-10-14(16(18-2)23-20-10)15(22)19-9-13(21(3)4)11-6-5-7-12(17)8-11/h5-8,13,18H,9H2,1-4H3,(H,19,22)/t13-/m0/s1. The van der Waals surface area contributed by atoms with Gasteiger partial charge in [-0.3, -0.25) is 4.79 Å². The summed E-state index contributed by atoms with van der Waals surface area (Å²) in [4.78, 5) is 14.4. The van der Waals surface area contributed by atoms with Crippen LogP contribution in [0.3, 0.4) is 0 Å². The summed E-state index contributed by atoms with van der Waals surface area (Å²) < 4.78 is 17.6. The molecule has 2 N–H and O–H groups in total. The van der Waals surface area contributed by atoms with Gasteiger partial charge in [0.2, 0.25) is 0 Å². The highest BCUT2D eigenvalue weighted by atomic mass is 32.1. The van der Waals surface area contributed by atoms with Gasteiger partial charge in [-0.1, -0.05) is 12.1 Å². The third-order valence-corrected chi connectivity index (χ3v) is 4.59. The van der Waals surface area contributed by atoms with Crippen LogP contribution in [0.1, 0.15) is 27.7 Å². The van der Waals surface area contributed by atoms with Gasteiger partial charge in [0, 0.05) is 13.6 Å². The van der Waals surface area contributed by atoms with Gasteiger partial charge in [-0.25, -0.2) is 4.39 Å². The number of aromatic nitrogens is 1. The van der Waals surface area contributed by atoms with Crippen LogP contribution in [0.2, 0.25) is 0 Å². The molecule has 1 atom stereocenters. The number of hydrogen-bond acceptors (Lipinski definition) is 5. The van der Waals surface area contributed by atoms with Crippen molar-refractivity contribution in [3.63, 3.8) is 0 Å². The Morgan fingerprint density at radius 3 is 2.78 bits per heavy atom. The van der Waals surface area contributed by atoms with Gasteiger partial charge in [-0.05, 0) is 50.2 Å². The first-order chi connectivity index (χ1) is 10.9. The van der Waals surface area contributed by atoms with E-state index in [0.717, 1.165) is 10.6 Å². The third kappa shape index (κ3) is 4.05. The Morgan fingerprint density at radius 1 is 1.43 bits per heavy atom. The lowest BCUT2D eigenvalue weighted by Gasteiger charge is -2.25. The lowest BCUT2D eigenvalue weighted by Crippen LogP contribution is -2.35. The topological polar surface area (TPSA) is 57.3 Å². The van der Waals surface area contributed by atoms with Crippen molar-refractivity contribution in [3.8, 4) is 0 Å². The number of carbonyl (C=O) groups excluding carboxylic acids is 1. The van der Waals surface area contributed by atoms with Crippen molar-refractivity contribution in [1.82, 2.24) is 14.6 Å². The minimum atomic E-state index is -0.281. The Bertz CT molecular complexity index is 686. The summed E-state index contributed by atoms with van der Waals surface area (Å²) in [5, 5.41) is 6.65. The molecule has 1 aromatic heterocycles. The molecule has 23 heavy (non-hydrogen) atoms. The summed E-state index contributed by atoms with van der Waals surface area (Å²) in [6.45, 7) is 2.19. The summed E-state index contributed by atoms with van der Waals surface area (Å²) in [5.74, 6) is -0.458. The minimum Gasteiger partial charge on any atom is -0.378 e. The zero-order valence-corrected chi connectivity index (χ0v) is 14.5. The Balaban J connectivity index is 2.13. The van der Waals surface area contributed by atoms with E-state index in [-0.39, 0.29) is 17.8 Å². The van der Waals surface area contributed by atoms with E-state index in [1.165, 1.54) is 23.7 Å². The van der Waals surface area contributed by atoms with E-state index in [1.54, 1.807) is 13.1 Å². The number of aryl methyl sites for hydroxylation is 1. The Kier molecular flexibility index (Phi) is 5.68. The molecule has 0 aliphatic rings. The molecule has 7 heteroatoms. The van der Waals surface area contributed by atoms with Gasteiger partial charge >= 0.3 is 0 Å². The molecule has 0 aliphatic heterocycles. The highest BCUT2D eigenvalue weighted by molar-refractivity contribution is 7.10. The van der Waals surface area contributed by atoms with E-state index in [9.17, 15) is 9.18 Å². The maximum Gasteiger partial charge on any atom is 0.256 e. The number of hydrogen-bond donors (Lipinski definition) is 2. The molecule has 0 spiro atoms. The van der Waals surface area contributed by atoms with Gasteiger partial charge in [0.25, 0.3) is 5.91 Å². The first-order valence-electron chi connectivity index (χ1n) is 7.28. The fourth-order valence-corrected chi connectivity index (χ4v) is 3.14. The summed E-state index contributed by atoms with van der Waals surface area (Å²) in [7, 11) is 5.56. The molecule has 0 radical (unpaired) electrons. The van der Waals surface area contributed by atoms with Crippen LogP contribution in [-0.2, 0) is 0 Å². The van der Waals surface area contributed by atoms with Crippen LogP contribution >= 0.6 is 11.5 Å². The predicted molar refractivity (Wildman–Crippen MR) is 91.6 cm³/mol.